The van der Waals surface area contributed by atoms with Gasteiger partial charge in [0.25, 0.3) is 5.91 Å². The summed E-state index contributed by atoms with van der Waals surface area (Å²) in [5.41, 5.74) is 1.16. The smallest absolute Gasteiger partial charge is 0.328 e. The molecule has 4 amide bonds. The van der Waals surface area contributed by atoms with Crippen LogP contribution in [0.15, 0.2) is 36.4 Å². The van der Waals surface area contributed by atoms with Gasteiger partial charge in [0.15, 0.2) is 6.73 Å². The molecule has 1 atom stereocenters. The van der Waals surface area contributed by atoms with Gasteiger partial charge in [0, 0.05) is 47.7 Å². The second kappa shape index (κ2) is 13.0. The summed E-state index contributed by atoms with van der Waals surface area (Å²) >= 11 is -2.64. The lowest BCUT2D eigenvalue weighted by molar-refractivity contribution is -0.156. The van der Waals surface area contributed by atoms with E-state index in [1.54, 1.807) is 57.2 Å². The molecule has 0 spiro atoms. The highest BCUT2D eigenvalue weighted by Gasteiger charge is 2.30. The maximum absolute atomic E-state index is 13.5. The third-order valence-electron chi connectivity index (χ3n) is 6.43. The highest BCUT2D eigenvalue weighted by molar-refractivity contribution is 7.76. The zero-order chi connectivity index (χ0) is 31.4. The van der Waals surface area contributed by atoms with E-state index >= 15 is 0 Å². The van der Waals surface area contributed by atoms with Gasteiger partial charge in [0.2, 0.25) is 5.91 Å². The Hall–Kier alpha value is -3.81. The average Bonchev–Trinajstić information content (AvgIpc) is 2.89. The predicted octanol–water partition coefficient (Wildman–Crippen LogP) is 3.83. The van der Waals surface area contributed by atoms with Gasteiger partial charge in [-0.3, -0.25) is 28.8 Å². The highest BCUT2D eigenvalue weighted by atomic mass is 32.2. The van der Waals surface area contributed by atoms with Crippen LogP contribution in [0.2, 0.25) is 0 Å². The number of benzene rings is 2. The van der Waals surface area contributed by atoms with Gasteiger partial charge >= 0.3 is 12.0 Å². The van der Waals surface area contributed by atoms with Crippen molar-refractivity contribution in [2.24, 2.45) is 5.41 Å². The molecule has 42 heavy (non-hydrogen) atoms. The maximum Gasteiger partial charge on any atom is 0.328 e. The Morgan fingerprint density at radius 3 is 2.26 bits per heavy atom. The first-order valence-electron chi connectivity index (χ1n) is 13.3. The van der Waals surface area contributed by atoms with Crippen LogP contribution >= 0.6 is 0 Å². The standard InChI is InChI=1S/C29H38N4O8S/c1-28(2,3)22-15-20(33-13-12-23(34)31-27(33)37)14-21(24(22)40-7)25(35)30-19-10-8-18(9-11-19)16-32(42(38)39)17-41-26(36)29(4,5)6/h8-11,14-15H,12-13,16-17H2,1-7H3,(H,30,35)(H,38,39)(H,31,34,37)/p-1. The second-order valence-electron chi connectivity index (χ2n) is 11.9. The van der Waals surface area contributed by atoms with Gasteiger partial charge in [-0.1, -0.05) is 32.9 Å². The first kappa shape index (κ1) is 32.7. The minimum absolute atomic E-state index is 0.0486. The highest BCUT2D eigenvalue weighted by Crippen LogP contribution is 2.38. The van der Waals surface area contributed by atoms with E-state index in [0.717, 1.165) is 4.31 Å². The molecule has 0 saturated carbocycles. The summed E-state index contributed by atoms with van der Waals surface area (Å²) in [4.78, 5) is 51.2. The molecular weight excluding hydrogens is 564 g/mol. The summed E-state index contributed by atoms with van der Waals surface area (Å²) in [6, 6.07) is 9.28. The zero-order valence-corrected chi connectivity index (χ0v) is 25.7. The van der Waals surface area contributed by atoms with Crippen molar-refractivity contribution in [1.82, 2.24) is 9.62 Å². The molecule has 0 bridgehead atoms. The molecule has 1 aliphatic rings. The molecule has 1 unspecified atom stereocenters. The van der Waals surface area contributed by atoms with E-state index in [0.29, 0.717) is 28.3 Å². The van der Waals surface area contributed by atoms with Gasteiger partial charge in [0.05, 0.1) is 18.1 Å². The molecule has 2 aromatic rings. The van der Waals surface area contributed by atoms with E-state index in [-0.39, 0.29) is 31.0 Å². The monoisotopic (exact) mass is 601 g/mol. The van der Waals surface area contributed by atoms with Gasteiger partial charge in [-0.2, -0.15) is 4.31 Å². The number of carbonyl (C=O) groups is 4. The lowest BCUT2D eigenvalue weighted by Gasteiger charge is -2.30. The van der Waals surface area contributed by atoms with Gasteiger partial charge < -0.3 is 19.3 Å². The van der Waals surface area contributed by atoms with E-state index in [1.165, 1.54) is 12.0 Å². The number of imide groups is 1. The molecule has 1 aliphatic heterocycles. The van der Waals surface area contributed by atoms with Crippen LogP contribution in [0, 0.1) is 5.41 Å². The number of methoxy groups -OCH3 is 1. The van der Waals surface area contributed by atoms with Crippen molar-refractivity contribution >= 4 is 46.5 Å². The number of rotatable bonds is 9. The number of anilines is 2. The van der Waals surface area contributed by atoms with Crippen LogP contribution in [0.25, 0.3) is 0 Å². The number of carbonyl (C=O) groups excluding carboxylic acids is 4. The second-order valence-corrected chi connectivity index (χ2v) is 12.8. The molecule has 2 aromatic carbocycles. The van der Waals surface area contributed by atoms with Crippen LogP contribution in [0.5, 0.6) is 5.75 Å². The Balaban J connectivity index is 1.83. The molecule has 0 aliphatic carbocycles. The molecular formula is C29H37N4O8S-. The van der Waals surface area contributed by atoms with Crippen molar-refractivity contribution in [2.45, 2.75) is 59.9 Å². The van der Waals surface area contributed by atoms with Crippen molar-refractivity contribution in [2.75, 3.05) is 30.6 Å². The number of ether oxygens (including phenoxy) is 2. The Morgan fingerprint density at radius 1 is 1.10 bits per heavy atom. The van der Waals surface area contributed by atoms with Crippen molar-refractivity contribution in [1.29, 1.82) is 0 Å². The normalized spacial score (nSPS) is 14.8. The molecule has 1 heterocycles. The maximum atomic E-state index is 13.5. The summed E-state index contributed by atoms with van der Waals surface area (Å²) in [7, 11) is 1.46. The van der Waals surface area contributed by atoms with Crippen LogP contribution in [0.3, 0.4) is 0 Å². The number of hydrogen-bond donors (Lipinski definition) is 2. The average molecular weight is 602 g/mol. The number of nitrogens with one attached hydrogen (secondary N) is 2. The van der Waals surface area contributed by atoms with Crippen LogP contribution in [-0.4, -0.2) is 57.3 Å². The zero-order valence-electron chi connectivity index (χ0n) is 24.9. The lowest BCUT2D eigenvalue weighted by atomic mass is 9.84. The quantitative estimate of drug-likeness (QED) is 0.249. The first-order chi connectivity index (χ1) is 19.5. The van der Waals surface area contributed by atoms with Crippen molar-refractivity contribution in [3.05, 3.63) is 53.1 Å². The van der Waals surface area contributed by atoms with Crippen molar-refractivity contribution in [3.8, 4) is 5.75 Å². The summed E-state index contributed by atoms with van der Waals surface area (Å²) in [6.45, 7) is 10.6. The van der Waals surface area contributed by atoms with Gasteiger partial charge in [0.1, 0.15) is 5.75 Å². The third-order valence-corrected chi connectivity index (χ3v) is 7.09. The van der Waals surface area contributed by atoms with Crippen molar-refractivity contribution in [3.63, 3.8) is 0 Å². The van der Waals surface area contributed by atoms with Crippen LogP contribution in [0.4, 0.5) is 16.2 Å². The minimum Gasteiger partial charge on any atom is -0.759 e. The van der Waals surface area contributed by atoms with E-state index in [1.807, 2.05) is 20.8 Å². The number of hydrogen-bond acceptors (Lipinski definition) is 8. The molecule has 228 valence electrons. The van der Waals surface area contributed by atoms with Crippen molar-refractivity contribution < 1.29 is 37.4 Å². The lowest BCUT2D eigenvalue weighted by Crippen LogP contribution is -2.49. The Kier molecular flexibility index (Phi) is 10.1. The van der Waals surface area contributed by atoms with Crippen LogP contribution < -0.4 is 20.3 Å². The fourth-order valence-corrected chi connectivity index (χ4v) is 4.50. The molecule has 13 heteroatoms. The number of amides is 4. The van der Waals surface area contributed by atoms with E-state index in [9.17, 15) is 27.9 Å². The largest absolute Gasteiger partial charge is 0.759 e. The first-order valence-corrected chi connectivity index (χ1v) is 14.3. The topological polar surface area (TPSA) is 157 Å². The number of nitrogens with zero attached hydrogens (tertiary/aromatic N) is 2. The summed E-state index contributed by atoms with van der Waals surface area (Å²) in [5, 5.41) is 5.12. The van der Waals surface area contributed by atoms with Crippen LogP contribution in [0.1, 0.15) is 69.4 Å². The Labute approximate surface area is 248 Å². The van der Waals surface area contributed by atoms with Gasteiger partial charge in [-0.25, -0.2) is 4.79 Å². The summed E-state index contributed by atoms with van der Waals surface area (Å²) < 4.78 is 35.1. The van der Waals surface area contributed by atoms with E-state index in [4.69, 9.17) is 9.47 Å². The molecule has 1 saturated heterocycles. The number of esters is 1. The molecule has 0 aromatic heterocycles. The van der Waals surface area contributed by atoms with Crippen LogP contribution in [-0.2, 0) is 37.6 Å². The Morgan fingerprint density at radius 2 is 1.74 bits per heavy atom. The molecule has 3 rings (SSSR count). The van der Waals surface area contributed by atoms with Gasteiger partial charge in [-0.15, -0.1) is 0 Å². The fraction of sp³-hybridized carbons (Fsp3) is 0.448. The van der Waals surface area contributed by atoms with E-state index in [2.05, 4.69) is 10.6 Å². The third kappa shape index (κ3) is 8.14. The number of urea groups is 1. The summed E-state index contributed by atoms with van der Waals surface area (Å²) in [5.74, 6) is -1.03. The SMILES string of the molecule is COc1c(C(=O)Nc2ccc(CN(COC(=O)C(C)(C)C)S(=O)[O-])cc2)cc(N2CCC(=O)NC2=O)cc1C(C)(C)C. The summed E-state index contributed by atoms with van der Waals surface area (Å²) in [6.07, 6.45) is 0.132. The Bertz CT molecular complexity index is 1380. The molecule has 2 N–H and O–H groups in total. The molecule has 1 fully saturated rings. The predicted molar refractivity (Wildman–Crippen MR) is 156 cm³/mol. The molecule has 12 nitrogen and oxygen atoms in total. The van der Waals surface area contributed by atoms with E-state index < -0.39 is 46.7 Å². The molecule has 0 radical (unpaired) electrons. The van der Waals surface area contributed by atoms with Gasteiger partial charge in [-0.05, 0) is 56.0 Å². The fourth-order valence-electron chi connectivity index (χ4n) is 4.11. The minimum atomic E-state index is -2.64.